The van der Waals surface area contributed by atoms with E-state index in [2.05, 4.69) is 94.2 Å². The van der Waals surface area contributed by atoms with Crippen LogP contribution in [0.25, 0.3) is 32.9 Å². The summed E-state index contributed by atoms with van der Waals surface area (Å²) in [6, 6.07) is 20.2. The van der Waals surface area contributed by atoms with Gasteiger partial charge in [0, 0.05) is 21.8 Å². The summed E-state index contributed by atoms with van der Waals surface area (Å²) < 4.78 is 0. The lowest BCUT2D eigenvalue weighted by Crippen LogP contribution is -2.17. The molecule has 0 radical (unpaired) electrons. The van der Waals surface area contributed by atoms with E-state index in [1.165, 1.54) is 49.6 Å². The van der Waals surface area contributed by atoms with E-state index in [1.807, 2.05) is 0 Å². The highest BCUT2D eigenvalue weighted by Gasteiger charge is 2.39. The zero-order valence-electron chi connectivity index (χ0n) is 16.2. The molecule has 0 saturated heterocycles. The average molecular weight is 339 g/mol. The first-order valence-corrected chi connectivity index (χ1v) is 9.48. The minimum Gasteiger partial charge on any atom is -0.354 e. The van der Waals surface area contributed by atoms with E-state index in [9.17, 15) is 0 Å². The lowest BCUT2D eigenvalue weighted by atomic mass is 9.78. The molecule has 1 nitrogen and oxygen atoms in total. The van der Waals surface area contributed by atoms with E-state index in [0.29, 0.717) is 0 Å². The number of hydrogen-bond donors (Lipinski definition) is 1. The van der Waals surface area contributed by atoms with Gasteiger partial charge in [-0.15, -0.1) is 0 Å². The number of rotatable bonds is 0. The van der Waals surface area contributed by atoms with Crippen LogP contribution >= 0.6 is 0 Å². The Kier molecular flexibility index (Phi) is 2.89. The molecule has 1 N–H and O–H groups in total. The fraction of sp³-hybridized carbons (Fsp3) is 0.280. The first kappa shape index (κ1) is 15.7. The van der Waals surface area contributed by atoms with Crippen LogP contribution in [-0.4, -0.2) is 4.98 Å². The summed E-state index contributed by atoms with van der Waals surface area (Å²) in [5.41, 5.74) is 8.40. The van der Waals surface area contributed by atoms with Gasteiger partial charge in [-0.1, -0.05) is 89.2 Å². The predicted octanol–water partition coefficient (Wildman–Crippen LogP) is 6.92. The summed E-state index contributed by atoms with van der Waals surface area (Å²) >= 11 is 0. The van der Waals surface area contributed by atoms with Gasteiger partial charge in [0.1, 0.15) is 0 Å². The van der Waals surface area contributed by atoms with Gasteiger partial charge in [-0.25, -0.2) is 0 Å². The van der Waals surface area contributed by atoms with Crippen LogP contribution in [0.4, 0.5) is 0 Å². The Labute approximate surface area is 155 Å². The lowest BCUT2D eigenvalue weighted by Gasteiger charge is -2.25. The Bertz CT molecular complexity index is 1180. The SMILES string of the molecule is CC(C)(C)c1ccc2c(c1)C(C)(C)c1c-2[nH]c2c1ccc1ccccc12. The minimum atomic E-state index is 0.00658. The molecule has 1 aliphatic rings. The van der Waals surface area contributed by atoms with Crippen LogP contribution in [0.15, 0.2) is 54.6 Å². The van der Waals surface area contributed by atoms with Crippen molar-refractivity contribution in [2.75, 3.05) is 0 Å². The minimum absolute atomic E-state index is 0.00658. The largest absolute Gasteiger partial charge is 0.354 e. The Balaban J connectivity index is 1.85. The molecule has 0 fully saturated rings. The number of hydrogen-bond acceptors (Lipinski definition) is 0. The maximum atomic E-state index is 3.79. The molecule has 1 heteroatoms. The summed E-state index contributed by atoms with van der Waals surface area (Å²) in [7, 11) is 0. The molecule has 1 aliphatic carbocycles. The Morgan fingerprint density at radius 1 is 0.846 bits per heavy atom. The second-order valence-corrected chi connectivity index (χ2v) is 9.22. The third-order valence-corrected chi connectivity index (χ3v) is 6.15. The highest BCUT2D eigenvalue weighted by atomic mass is 14.8. The van der Waals surface area contributed by atoms with Gasteiger partial charge in [0.05, 0.1) is 11.2 Å². The summed E-state index contributed by atoms with van der Waals surface area (Å²) in [4.78, 5) is 3.79. The van der Waals surface area contributed by atoms with Crippen molar-refractivity contribution in [3.05, 3.63) is 71.3 Å². The normalized spacial score (nSPS) is 15.4. The summed E-state index contributed by atoms with van der Waals surface area (Å²) in [5.74, 6) is 0. The molecular formula is C25H25N. The molecule has 0 spiro atoms. The van der Waals surface area contributed by atoms with E-state index in [4.69, 9.17) is 0 Å². The predicted molar refractivity (Wildman–Crippen MR) is 112 cm³/mol. The Hall–Kier alpha value is -2.54. The molecule has 5 rings (SSSR count). The van der Waals surface area contributed by atoms with E-state index in [1.54, 1.807) is 0 Å². The van der Waals surface area contributed by atoms with Crippen molar-refractivity contribution in [3.8, 4) is 11.3 Å². The van der Waals surface area contributed by atoms with Crippen molar-refractivity contribution in [2.45, 2.75) is 45.4 Å². The first-order valence-electron chi connectivity index (χ1n) is 9.48. The molecule has 130 valence electrons. The van der Waals surface area contributed by atoms with Gasteiger partial charge >= 0.3 is 0 Å². The Morgan fingerprint density at radius 3 is 2.38 bits per heavy atom. The molecule has 1 aromatic heterocycles. The summed E-state index contributed by atoms with van der Waals surface area (Å²) in [6.45, 7) is 11.6. The number of aromatic nitrogens is 1. The number of H-pyrrole nitrogens is 1. The van der Waals surface area contributed by atoms with Crippen molar-refractivity contribution in [1.29, 1.82) is 0 Å². The van der Waals surface area contributed by atoms with Crippen LogP contribution in [-0.2, 0) is 10.8 Å². The monoisotopic (exact) mass is 339 g/mol. The van der Waals surface area contributed by atoms with Gasteiger partial charge in [-0.2, -0.15) is 0 Å². The van der Waals surface area contributed by atoms with Crippen LogP contribution in [0.2, 0.25) is 0 Å². The van der Waals surface area contributed by atoms with E-state index in [0.717, 1.165) is 0 Å². The van der Waals surface area contributed by atoms with Gasteiger partial charge in [0.15, 0.2) is 0 Å². The van der Waals surface area contributed by atoms with Gasteiger partial charge in [0.2, 0.25) is 0 Å². The van der Waals surface area contributed by atoms with E-state index >= 15 is 0 Å². The van der Waals surface area contributed by atoms with Gasteiger partial charge in [-0.3, -0.25) is 0 Å². The number of nitrogens with one attached hydrogen (secondary N) is 1. The average Bonchev–Trinajstić information content (AvgIpc) is 3.09. The molecule has 0 atom stereocenters. The lowest BCUT2D eigenvalue weighted by molar-refractivity contribution is 0.585. The van der Waals surface area contributed by atoms with Gasteiger partial charge < -0.3 is 4.98 Å². The number of fused-ring (bicyclic) bond motifs is 7. The highest BCUT2D eigenvalue weighted by Crippen LogP contribution is 2.52. The summed E-state index contributed by atoms with van der Waals surface area (Å²) in [5, 5.41) is 3.96. The maximum absolute atomic E-state index is 3.79. The van der Waals surface area contributed by atoms with Crippen molar-refractivity contribution in [3.63, 3.8) is 0 Å². The van der Waals surface area contributed by atoms with Crippen molar-refractivity contribution < 1.29 is 0 Å². The fourth-order valence-electron chi connectivity index (χ4n) is 4.67. The third kappa shape index (κ3) is 1.92. The Morgan fingerprint density at radius 2 is 1.62 bits per heavy atom. The third-order valence-electron chi connectivity index (χ3n) is 6.15. The topological polar surface area (TPSA) is 15.8 Å². The molecule has 1 heterocycles. The molecule has 0 unspecified atom stereocenters. The standard InChI is InChI=1S/C25H25N/c1-24(2,3)16-11-13-18-20(14-16)25(4,5)21-19-12-10-15-8-6-7-9-17(15)22(19)26-23(18)21/h6-14,26H,1-5H3. The molecule has 3 aromatic carbocycles. The van der Waals surface area contributed by atoms with E-state index < -0.39 is 0 Å². The summed E-state index contributed by atoms with van der Waals surface area (Å²) in [6.07, 6.45) is 0. The van der Waals surface area contributed by atoms with Crippen molar-refractivity contribution >= 4 is 21.7 Å². The van der Waals surface area contributed by atoms with Crippen molar-refractivity contribution in [2.24, 2.45) is 0 Å². The molecular weight excluding hydrogens is 314 g/mol. The van der Waals surface area contributed by atoms with Crippen LogP contribution < -0.4 is 0 Å². The number of aromatic amines is 1. The van der Waals surface area contributed by atoms with E-state index in [-0.39, 0.29) is 10.8 Å². The molecule has 4 aromatic rings. The second-order valence-electron chi connectivity index (χ2n) is 9.22. The molecule has 0 aliphatic heterocycles. The van der Waals surface area contributed by atoms with Gasteiger partial charge in [-0.05, 0) is 27.5 Å². The van der Waals surface area contributed by atoms with Crippen molar-refractivity contribution in [1.82, 2.24) is 4.98 Å². The fourth-order valence-corrected chi connectivity index (χ4v) is 4.67. The smallest absolute Gasteiger partial charge is 0.0541 e. The zero-order valence-corrected chi connectivity index (χ0v) is 16.2. The highest BCUT2D eigenvalue weighted by molar-refractivity contribution is 6.10. The quantitative estimate of drug-likeness (QED) is 0.358. The maximum Gasteiger partial charge on any atom is 0.0541 e. The van der Waals surface area contributed by atoms with Crippen LogP contribution in [0.1, 0.15) is 51.3 Å². The molecule has 26 heavy (non-hydrogen) atoms. The number of benzene rings is 3. The van der Waals surface area contributed by atoms with Crippen LogP contribution in [0.5, 0.6) is 0 Å². The van der Waals surface area contributed by atoms with Crippen LogP contribution in [0, 0.1) is 0 Å². The second kappa shape index (κ2) is 4.79. The molecule has 0 bridgehead atoms. The van der Waals surface area contributed by atoms with Crippen LogP contribution in [0.3, 0.4) is 0 Å². The van der Waals surface area contributed by atoms with Gasteiger partial charge in [0.25, 0.3) is 0 Å². The molecule has 0 amide bonds. The zero-order chi connectivity index (χ0) is 18.3. The first-order chi connectivity index (χ1) is 12.3. The molecule has 0 saturated carbocycles.